The molecule has 5 heteroatoms. The van der Waals surface area contributed by atoms with Gasteiger partial charge in [0.25, 0.3) is 0 Å². The summed E-state index contributed by atoms with van der Waals surface area (Å²) in [5, 5.41) is 7.01. The minimum atomic E-state index is 0. The summed E-state index contributed by atoms with van der Waals surface area (Å²) in [6, 6.07) is 10.9. The maximum Gasteiger partial charge on any atom is 0.191 e. The molecule has 128 valence electrons. The summed E-state index contributed by atoms with van der Waals surface area (Å²) < 4.78 is 0.379. The first-order valence-electron chi connectivity index (χ1n) is 8.34. The first-order chi connectivity index (χ1) is 10.7. The summed E-state index contributed by atoms with van der Waals surface area (Å²) in [5.74, 6) is 3.73. The Morgan fingerprint density at radius 2 is 2.09 bits per heavy atom. The summed E-state index contributed by atoms with van der Waals surface area (Å²) in [5.41, 5.74) is 1.48. The van der Waals surface area contributed by atoms with E-state index >= 15 is 0 Å². The molecule has 0 aromatic heterocycles. The van der Waals surface area contributed by atoms with Gasteiger partial charge in [0, 0.05) is 24.9 Å². The van der Waals surface area contributed by atoms with Crippen LogP contribution in [0.15, 0.2) is 35.3 Å². The summed E-state index contributed by atoms with van der Waals surface area (Å²) in [6.07, 6.45) is 3.94. The van der Waals surface area contributed by atoms with E-state index in [1.807, 2.05) is 7.05 Å². The van der Waals surface area contributed by atoms with E-state index in [9.17, 15) is 0 Å². The Morgan fingerprint density at radius 1 is 1.30 bits per heavy atom. The quantitative estimate of drug-likeness (QED) is 0.411. The van der Waals surface area contributed by atoms with Crippen LogP contribution in [0.25, 0.3) is 0 Å². The van der Waals surface area contributed by atoms with Gasteiger partial charge in [-0.3, -0.25) is 4.99 Å². The van der Waals surface area contributed by atoms with Gasteiger partial charge >= 0.3 is 0 Å². The Morgan fingerprint density at radius 3 is 2.74 bits per heavy atom. The Labute approximate surface area is 161 Å². The van der Waals surface area contributed by atoms with Gasteiger partial charge in [0.15, 0.2) is 5.96 Å². The van der Waals surface area contributed by atoms with Crippen LogP contribution in [-0.2, 0) is 0 Å². The molecule has 1 aromatic rings. The molecule has 1 saturated heterocycles. The summed E-state index contributed by atoms with van der Waals surface area (Å²) in [6.45, 7) is 4.38. The lowest BCUT2D eigenvalue weighted by atomic mass is 10.1. The van der Waals surface area contributed by atoms with Crippen molar-refractivity contribution in [3.8, 4) is 0 Å². The Bertz CT molecular complexity index is 514. The molecule has 3 nitrogen and oxygen atoms in total. The van der Waals surface area contributed by atoms with E-state index in [0.717, 1.165) is 30.9 Å². The van der Waals surface area contributed by atoms with Crippen LogP contribution < -0.4 is 10.6 Å². The third-order valence-electron chi connectivity index (χ3n) is 4.84. The second-order valence-electron chi connectivity index (χ2n) is 6.72. The highest BCUT2D eigenvalue weighted by atomic mass is 127. The molecule has 1 saturated carbocycles. The van der Waals surface area contributed by atoms with Crippen LogP contribution >= 0.6 is 35.7 Å². The van der Waals surface area contributed by atoms with Gasteiger partial charge in [0.1, 0.15) is 0 Å². The van der Waals surface area contributed by atoms with Crippen molar-refractivity contribution in [1.29, 1.82) is 0 Å². The van der Waals surface area contributed by atoms with E-state index in [1.54, 1.807) is 0 Å². The van der Waals surface area contributed by atoms with Crippen LogP contribution in [-0.4, -0.2) is 36.6 Å². The Kier molecular flexibility index (Phi) is 7.07. The van der Waals surface area contributed by atoms with E-state index < -0.39 is 0 Å². The Balaban J connectivity index is 0.00000192. The van der Waals surface area contributed by atoms with Crippen molar-refractivity contribution in [2.75, 3.05) is 25.9 Å². The van der Waals surface area contributed by atoms with Gasteiger partial charge in [-0.25, -0.2) is 0 Å². The molecular formula is C18H28IN3S. The standard InChI is InChI=1S/C18H27N3S.HI/c1-18(9-6-10-22-18)13-21-17(19-2)20-12-15-11-16(15)14-7-4-3-5-8-14;/h3-5,7-8,15-16H,6,9-13H2,1-2H3,(H2,19,20,21);1H. The molecule has 1 aromatic carbocycles. The minimum Gasteiger partial charge on any atom is -0.356 e. The van der Waals surface area contributed by atoms with E-state index in [-0.39, 0.29) is 24.0 Å². The monoisotopic (exact) mass is 445 g/mol. The average Bonchev–Trinajstić information content (AvgIpc) is 3.21. The molecule has 1 heterocycles. The molecule has 0 bridgehead atoms. The zero-order valence-electron chi connectivity index (χ0n) is 14.0. The maximum absolute atomic E-state index is 4.36. The number of guanidine groups is 1. The number of hydrogen-bond acceptors (Lipinski definition) is 2. The maximum atomic E-state index is 4.36. The number of aliphatic imine (C=N–C) groups is 1. The summed E-state index contributed by atoms with van der Waals surface area (Å²) in [7, 11) is 1.86. The van der Waals surface area contributed by atoms with Crippen LogP contribution in [0, 0.1) is 5.92 Å². The highest BCUT2D eigenvalue weighted by Crippen LogP contribution is 2.46. The van der Waals surface area contributed by atoms with Crippen molar-refractivity contribution >= 4 is 41.7 Å². The van der Waals surface area contributed by atoms with Crippen LogP contribution in [0.3, 0.4) is 0 Å². The molecular weight excluding hydrogens is 417 g/mol. The molecule has 23 heavy (non-hydrogen) atoms. The molecule has 3 unspecified atom stereocenters. The minimum absolute atomic E-state index is 0. The molecule has 0 radical (unpaired) electrons. The van der Waals surface area contributed by atoms with Gasteiger partial charge < -0.3 is 10.6 Å². The molecule has 1 aliphatic heterocycles. The van der Waals surface area contributed by atoms with Gasteiger partial charge in [-0.15, -0.1) is 24.0 Å². The SMILES string of the molecule is CN=C(NCC1CC1c1ccccc1)NCC1(C)CCCS1.I. The van der Waals surface area contributed by atoms with Crippen molar-refractivity contribution in [1.82, 2.24) is 10.6 Å². The predicted octanol–water partition coefficient (Wildman–Crippen LogP) is 3.86. The van der Waals surface area contributed by atoms with E-state index in [4.69, 9.17) is 0 Å². The van der Waals surface area contributed by atoms with Gasteiger partial charge in [-0.2, -0.15) is 11.8 Å². The van der Waals surface area contributed by atoms with Crippen molar-refractivity contribution in [2.45, 2.75) is 36.9 Å². The third kappa shape index (κ3) is 5.28. The van der Waals surface area contributed by atoms with E-state index in [1.165, 1.54) is 30.6 Å². The Hall–Kier alpha value is -0.430. The van der Waals surface area contributed by atoms with Crippen molar-refractivity contribution in [3.05, 3.63) is 35.9 Å². The van der Waals surface area contributed by atoms with Gasteiger partial charge in [-0.1, -0.05) is 30.3 Å². The first kappa shape index (κ1) is 18.9. The van der Waals surface area contributed by atoms with Gasteiger partial charge in [-0.05, 0) is 49.3 Å². The molecule has 1 aliphatic carbocycles. The number of hydrogen-bond donors (Lipinski definition) is 2. The molecule has 0 spiro atoms. The number of nitrogens with zero attached hydrogens (tertiary/aromatic N) is 1. The fourth-order valence-corrected chi connectivity index (χ4v) is 4.52. The number of thioether (sulfide) groups is 1. The fourth-order valence-electron chi connectivity index (χ4n) is 3.28. The van der Waals surface area contributed by atoms with E-state index in [2.05, 4.69) is 64.6 Å². The van der Waals surface area contributed by atoms with Gasteiger partial charge in [0.2, 0.25) is 0 Å². The molecule has 2 fully saturated rings. The lowest BCUT2D eigenvalue weighted by Gasteiger charge is -2.24. The van der Waals surface area contributed by atoms with Crippen molar-refractivity contribution < 1.29 is 0 Å². The molecule has 3 rings (SSSR count). The van der Waals surface area contributed by atoms with Crippen LogP contribution in [0.5, 0.6) is 0 Å². The summed E-state index contributed by atoms with van der Waals surface area (Å²) in [4.78, 5) is 4.36. The second kappa shape index (κ2) is 8.60. The molecule has 0 amide bonds. The van der Waals surface area contributed by atoms with Crippen molar-refractivity contribution in [3.63, 3.8) is 0 Å². The lowest BCUT2D eigenvalue weighted by Crippen LogP contribution is -2.44. The highest BCUT2D eigenvalue weighted by molar-refractivity contribution is 14.0. The van der Waals surface area contributed by atoms with Crippen LogP contribution in [0.2, 0.25) is 0 Å². The zero-order chi connectivity index (χ0) is 15.4. The smallest absolute Gasteiger partial charge is 0.191 e. The predicted molar refractivity (Wildman–Crippen MR) is 112 cm³/mol. The second-order valence-corrected chi connectivity index (χ2v) is 8.40. The number of halogens is 1. The van der Waals surface area contributed by atoms with Crippen LogP contribution in [0.4, 0.5) is 0 Å². The van der Waals surface area contributed by atoms with Crippen LogP contribution in [0.1, 0.15) is 37.7 Å². The molecule has 3 atom stereocenters. The zero-order valence-corrected chi connectivity index (χ0v) is 17.2. The normalized spacial score (nSPS) is 29.7. The highest BCUT2D eigenvalue weighted by Gasteiger charge is 2.38. The number of nitrogens with one attached hydrogen (secondary N) is 2. The molecule has 2 N–H and O–H groups in total. The largest absolute Gasteiger partial charge is 0.356 e. The summed E-state index contributed by atoms with van der Waals surface area (Å²) >= 11 is 2.09. The topological polar surface area (TPSA) is 36.4 Å². The first-order valence-corrected chi connectivity index (χ1v) is 9.32. The molecule has 2 aliphatic rings. The number of benzene rings is 1. The van der Waals surface area contributed by atoms with E-state index in [0.29, 0.717) is 4.75 Å². The number of rotatable bonds is 5. The average molecular weight is 445 g/mol. The third-order valence-corrected chi connectivity index (χ3v) is 6.37. The van der Waals surface area contributed by atoms with Gasteiger partial charge in [0.05, 0.1) is 0 Å². The lowest BCUT2D eigenvalue weighted by molar-refractivity contribution is 0.582. The van der Waals surface area contributed by atoms with Crippen molar-refractivity contribution in [2.24, 2.45) is 10.9 Å². The fraction of sp³-hybridized carbons (Fsp3) is 0.611.